The molecule has 0 heterocycles. The molecule has 7 rings (SSSR count). The quantitative estimate of drug-likeness (QED) is 0.157. The van der Waals surface area contributed by atoms with Crippen molar-refractivity contribution in [2.75, 3.05) is 7.11 Å². The SMILES string of the molecule is COc1ccc(-c2c(-c3ccccc3)c(-c3ccc(C(F)(F)F)cc3)c(-c3ccc(Cl)cc3)c(-c3ccc(Cl)cc3)c2-c2ccc(C(C)(C)C)cc2)cc1. The molecule has 0 aliphatic rings. The average molecular weight is 758 g/mol. The molecule has 0 aliphatic carbocycles. The van der Waals surface area contributed by atoms with Gasteiger partial charge in [0.1, 0.15) is 5.75 Å². The summed E-state index contributed by atoms with van der Waals surface area (Å²) < 4.78 is 47.7. The molecule has 270 valence electrons. The Balaban J connectivity index is 1.77. The fraction of sp³-hybridized carbons (Fsp3) is 0.125. The molecule has 0 aromatic heterocycles. The van der Waals surface area contributed by atoms with E-state index in [2.05, 4.69) is 57.2 Å². The minimum absolute atomic E-state index is 0.0769. The van der Waals surface area contributed by atoms with Gasteiger partial charge in [-0.3, -0.25) is 0 Å². The van der Waals surface area contributed by atoms with E-state index in [9.17, 15) is 13.2 Å². The number of ether oxygens (including phenoxy) is 1. The Hall–Kier alpha value is -5.29. The second-order valence-electron chi connectivity index (χ2n) is 14.3. The molecule has 0 spiro atoms. The molecule has 0 aliphatic heterocycles. The first kappa shape index (κ1) is 37.0. The minimum Gasteiger partial charge on any atom is -0.497 e. The lowest BCUT2D eigenvalue weighted by molar-refractivity contribution is -0.137. The maximum absolute atomic E-state index is 14.0. The van der Waals surface area contributed by atoms with Crippen molar-refractivity contribution < 1.29 is 17.9 Å². The summed E-state index contributed by atoms with van der Waals surface area (Å²) in [5.41, 5.74) is 10.8. The highest BCUT2D eigenvalue weighted by atomic mass is 35.5. The van der Waals surface area contributed by atoms with Gasteiger partial charge in [0.05, 0.1) is 12.7 Å². The lowest BCUT2D eigenvalue weighted by Gasteiger charge is -2.29. The maximum Gasteiger partial charge on any atom is 0.416 e. The topological polar surface area (TPSA) is 9.23 Å². The zero-order valence-electron chi connectivity index (χ0n) is 30.2. The van der Waals surface area contributed by atoms with Gasteiger partial charge >= 0.3 is 6.18 Å². The Morgan fingerprint density at radius 2 is 0.685 bits per heavy atom. The fourth-order valence-electron chi connectivity index (χ4n) is 7.04. The second-order valence-corrected chi connectivity index (χ2v) is 15.1. The third kappa shape index (κ3) is 7.42. The summed E-state index contributed by atoms with van der Waals surface area (Å²) in [6.45, 7) is 6.57. The lowest BCUT2D eigenvalue weighted by atomic mass is 9.74. The minimum atomic E-state index is -4.49. The molecule has 7 aromatic rings. The molecule has 0 radical (unpaired) electrons. The molecule has 0 bridgehead atoms. The Kier molecular flexibility index (Phi) is 10.2. The van der Waals surface area contributed by atoms with E-state index in [1.807, 2.05) is 91.0 Å². The molecule has 0 unspecified atom stereocenters. The van der Waals surface area contributed by atoms with Gasteiger partial charge in [0.15, 0.2) is 0 Å². The maximum atomic E-state index is 14.0. The first-order valence-electron chi connectivity index (χ1n) is 17.6. The molecule has 54 heavy (non-hydrogen) atoms. The number of halogens is 5. The number of methoxy groups -OCH3 is 1. The van der Waals surface area contributed by atoms with Gasteiger partial charge in [0.2, 0.25) is 0 Å². The highest BCUT2D eigenvalue weighted by molar-refractivity contribution is 6.31. The van der Waals surface area contributed by atoms with Crippen LogP contribution in [0.4, 0.5) is 13.2 Å². The average Bonchev–Trinajstić information content (AvgIpc) is 3.17. The van der Waals surface area contributed by atoms with E-state index in [1.165, 1.54) is 5.56 Å². The van der Waals surface area contributed by atoms with E-state index in [4.69, 9.17) is 27.9 Å². The Labute approximate surface area is 324 Å². The van der Waals surface area contributed by atoms with Crippen molar-refractivity contribution in [3.05, 3.63) is 173 Å². The summed E-state index contributed by atoms with van der Waals surface area (Å²) in [7, 11) is 1.63. The van der Waals surface area contributed by atoms with E-state index >= 15 is 0 Å². The zero-order valence-corrected chi connectivity index (χ0v) is 31.7. The highest BCUT2D eigenvalue weighted by Crippen LogP contribution is 2.56. The zero-order chi connectivity index (χ0) is 38.2. The van der Waals surface area contributed by atoms with E-state index < -0.39 is 11.7 Å². The van der Waals surface area contributed by atoms with Gasteiger partial charge in [0, 0.05) is 10.0 Å². The van der Waals surface area contributed by atoms with Crippen LogP contribution in [0.15, 0.2) is 152 Å². The predicted octanol–water partition coefficient (Wildman–Crippen LogP) is 15.3. The van der Waals surface area contributed by atoms with Gasteiger partial charge in [-0.2, -0.15) is 13.2 Å². The van der Waals surface area contributed by atoms with Gasteiger partial charge in [0.25, 0.3) is 0 Å². The normalized spacial score (nSPS) is 11.8. The van der Waals surface area contributed by atoms with Crippen molar-refractivity contribution >= 4 is 23.2 Å². The summed E-state index contributed by atoms with van der Waals surface area (Å²) >= 11 is 13.0. The van der Waals surface area contributed by atoms with E-state index in [1.54, 1.807) is 19.2 Å². The molecular formula is C48H37Cl2F3O. The van der Waals surface area contributed by atoms with Crippen molar-refractivity contribution in [2.45, 2.75) is 32.4 Å². The Morgan fingerprint density at radius 3 is 1.00 bits per heavy atom. The van der Waals surface area contributed by atoms with Crippen LogP contribution in [0.3, 0.4) is 0 Å². The first-order chi connectivity index (χ1) is 25.8. The van der Waals surface area contributed by atoms with E-state index in [-0.39, 0.29) is 5.41 Å². The molecule has 0 saturated carbocycles. The molecule has 6 heteroatoms. The van der Waals surface area contributed by atoms with Crippen molar-refractivity contribution in [1.82, 2.24) is 0 Å². The van der Waals surface area contributed by atoms with Gasteiger partial charge in [-0.25, -0.2) is 0 Å². The number of rotatable bonds is 7. The van der Waals surface area contributed by atoms with Crippen LogP contribution in [0.25, 0.3) is 66.8 Å². The Bertz CT molecular complexity index is 2390. The van der Waals surface area contributed by atoms with Gasteiger partial charge < -0.3 is 4.74 Å². The first-order valence-corrected chi connectivity index (χ1v) is 18.3. The lowest BCUT2D eigenvalue weighted by Crippen LogP contribution is -2.10. The van der Waals surface area contributed by atoms with Crippen molar-refractivity contribution in [3.8, 4) is 72.5 Å². The van der Waals surface area contributed by atoms with Crippen molar-refractivity contribution in [3.63, 3.8) is 0 Å². The molecular weight excluding hydrogens is 720 g/mol. The Morgan fingerprint density at radius 1 is 0.389 bits per heavy atom. The number of hydrogen-bond acceptors (Lipinski definition) is 1. The smallest absolute Gasteiger partial charge is 0.416 e. The molecule has 0 atom stereocenters. The fourth-order valence-corrected chi connectivity index (χ4v) is 7.29. The van der Waals surface area contributed by atoms with Crippen LogP contribution in [-0.2, 0) is 11.6 Å². The molecule has 1 nitrogen and oxygen atoms in total. The third-order valence-corrected chi connectivity index (χ3v) is 10.3. The van der Waals surface area contributed by atoms with Gasteiger partial charge in [-0.1, -0.05) is 147 Å². The highest BCUT2D eigenvalue weighted by Gasteiger charge is 2.32. The van der Waals surface area contributed by atoms with Crippen LogP contribution in [0, 0.1) is 0 Å². The molecule has 0 amide bonds. The summed E-state index contributed by atoms with van der Waals surface area (Å²) in [6, 6.07) is 47.5. The summed E-state index contributed by atoms with van der Waals surface area (Å²) in [4.78, 5) is 0. The summed E-state index contributed by atoms with van der Waals surface area (Å²) in [6.07, 6.45) is -4.49. The summed E-state index contributed by atoms with van der Waals surface area (Å²) in [5.74, 6) is 0.703. The van der Waals surface area contributed by atoms with Crippen LogP contribution < -0.4 is 4.74 Å². The van der Waals surface area contributed by atoms with Crippen LogP contribution in [-0.4, -0.2) is 7.11 Å². The molecule has 7 aromatic carbocycles. The second kappa shape index (κ2) is 14.9. The largest absolute Gasteiger partial charge is 0.497 e. The van der Waals surface area contributed by atoms with Crippen molar-refractivity contribution in [1.29, 1.82) is 0 Å². The standard InChI is InChI=1S/C48H37Cl2F3O/c1-47(2,3)36-20-10-31(11-21-36)43-45(34-16-26-39(50)27-17-34)44(33-14-24-38(49)25-15-33)42(32-12-22-37(23-13-32)48(51,52)53)41(30-8-6-5-7-9-30)46(43)35-18-28-40(54-4)29-19-35/h5-29H,1-4H3. The van der Waals surface area contributed by atoms with Crippen LogP contribution in [0.5, 0.6) is 5.75 Å². The van der Waals surface area contributed by atoms with Gasteiger partial charge in [-0.05, 0) is 126 Å². The molecule has 0 fully saturated rings. The molecule has 0 N–H and O–H groups in total. The monoisotopic (exact) mass is 756 g/mol. The number of hydrogen-bond donors (Lipinski definition) is 0. The van der Waals surface area contributed by atoms with Crippen LogP contribution in [0.2, 0.25) is 10.0 Å². The predicted molar refractivity (Wildman–Crippen MR) is 219 cm³/mol. The van der Waals surface area contributed by atoms with Gasteiger partial charge in [-0.15, -0.1) is 0 Å². The third-order valence-electron chi connectivity index (χ3n) is 9.75. The summed E-state index contributed by atoms with van der Waals surface area (Å²) in [5, 5.41) is 1.15. The van der Waals surface area contributed by atoms with E-state index in [0.717, 1.165) is 73.3 Å². The van der Waals surface area contributed by atoms with E-state index in [0.29, 0.717) is 21.4 Å². The molecule has 0 saturated heterocycles. The number of benzene rings is 7. The van der Waals surface area contributed by atoms with Crippen molar-refractivity contribution in [2.24, 2.45) is 0 Å². The number of alkyl halides is 3. The van der Waals surface area contributed by atoms with Crippen LogP contribution in [0.1, 0.15) is 31.9 Å². The van der Waals surface area contributed by atoms with Crippen LogP contribution >= 0.6 is 23.2 Å².